The number of carbonyl (C=O) groups is 2. The third-order valence-corrected chi connectivity index (χ3v) is 3.68. The van der Waals surface area contributed by atoms with Gasteiger partial charge in [-0.2, -0.15) is 5.26 Å². The van der Waals surface area contributed by atoms with Crippen LogP contribution in [0.25, 0.3) is 0 Å². The van der Waals surface area contributed by atoms with Crippen LogP contribution >= 0.6 is 0 Å². The van der Waals surface area contributed by atoms with E-state index in [1.807, 2.05) is 18.5 Å². The highest BCUT2D eigenvalue weighted by molar-refractivity contribution is 6.05. The molecule has 0 spiro atoms. The summed E-state index contributed by atoms with van der Waals surface area (Å²) in [5.74, 6) is -0.357. The molecule has 6 heteroatoms. The summed E-state index contributed by atoms with van der Waals surface area (Å²) < 4.78 is 1.81. The van der Waals surface area contributed by atoms with Crippen molar-refractivity contribution in [2.75, 3.05) is 7.05 Å². The summed E-state index contributed by atoms with van der Waals surface area (Å²) in [6, 6.07) is 3.46. The molecule has 1 fully saturated rings. The van der Waals surface area contributed by atoms with Crippen molar-refractivity contribution in [3.63, 3.8) is 0 Å². The molecule has 2 heterocycles. The maximum atomic E-state index is 11.7. The molecule has 1 N–H and O–H groups in total. The first kappa shape index (κ1) is 13.3. The summed E-state index contributed by atoms with van der Waals surface area (Å²) in [5.41, 5.74) is 2.53. The number of nitriles is 1. The van der Waals surface area contributed by atoms with Crippen molar-refractivity contribution in [1.82, 2.24) is 14.8 Å². The fourth-order valence-corrected chi connectivity index (χ4v) is 2.20. The van der Waals surface area contributed by atoms with Crippen LogP contribution in [0.15, 0.2) is 6.07 Å². The van der Waals surface area contributed by atoms with E-state index in [1.54, 1.807) is 6.07 Å². The molecule has 19 heavy (non-hydrogen) atoms. The maximum absolute atomic E-state index is 11.7. The predicted octanol–water partition coefficient (Wildman–Crippen LogP) is 0.0521. The summed E-state index contributed by atoms with van der Waals surface area (Å²) in [5, 5.41) is 12.0. The Morgan fingerprint density at radius 2 is 2.16 bits per heavy atom. The summed E-state index contributed by atoms with van der Waals surface area (Å²) in [7, 11) is 3.32. The zero-order valence-electron chi connectivity index (χ0n) is 11.2. The van der Waals surface area contributed by atoms with Gasteiger partial charge in [0.05, 0.1) is 12.5 Å². The topological polar surface area (TPSA) is 78.1 Å². The Kier molecular flexibility index (Phi) is 3.40. The van der Waals surface area contributed by atoms with E-state index in [9.17, 15) is 9.59 Å². The fraction of sp³-hybridized carbons (Fsp3) is 0.462. The molecule has 0 bridgehead atoms. The number of aromatic nitrogens is 1. The van der Waals surface area contributed by atoms with Gasteiger partial charge in [-0.05, 0) is 18.6 Å². The highest BCUT2D eigenvalue weighted by Gasteiger charge is 2.35. The largest absolute Gasteiger partial charge is 0.340 e. The van der Waals surface area contributed by atoms with E-state index in [1.165, 1.54) is 7.05 Å². The second-order valence-corrected chi connectivity index (χ2v) is 4.74. The van der Waals surface area contributed by atoms with Crippen molar-refractivity contribution in [3.8, 4) is 6.07 Å². The third kappa shape index (κ3) is 2.25. The SMILES string of the molecule is Cc1c(CNC2CC(=O)N(C)C2=O)cc(C#N)n1C. The Morgan fingerprint density at radius 3 is 2.63 bits per heavy atom. The minimum Gasteiger partial charge on any atom is -0.340 e. The number of nitrogens with one attached hydrogen (secondary N) is 1. The van der Waals surface area contributed by atoms with Crippen LogP contribution in [-0.4, -0.2) is 34.4 Å². The van der Waals surface area contributed by atoms with Crippen LogP contribution in [0.3, 0.4) is 0 Å². The van der Waals surface area contributed by atoms with Gasteiger partial charge in [-0.25, -0.2) is 0 Å². The molecule has 0 aromatic carbocycles. The number of amides is 2. The van der Waals surface area contributed by atoms with Gasteiger partial charge in [0.15, 0.2) is 0 Å². The van der Waals surface area contributed by atoms with Gasteiger partial charge in [0.2, 0.25) is 11.8 Å². The molecule has 1 unspecified atom stereocenters. The minimum atomic E-state index is -0.456. The van der Waals surface area contributed by atoms with E-state index in [-0.39, 0.29) is 18.2 Å². The van der Waals surface area contributed by atoms with Gasteiger partial charge in [0, 0.05) is 26.3 Å². The van der Waals surface area contributed by atoms with Crippen molar-refractivity contribution in [2.45, 2.75) is 25.9 Å². The van der Waals surface area contributed by atoms with Crippen molar-refractivity contribution in [3.05, 3.63) is 23.0 Å². The number of likely N-dealkylation sites (N-methyl/N-ethyl adjacent to an activating group) is 1. The lowest BCUT2D eigenvalue weighted by Crippen LogP contribution is -2.36. The van der Waals surface area contributed by atoms with Crippen LogP contribution in [0.4, 0.5) is 0 Å². The van der Waals surface area contributed by atoms with Gasteiger partial charge in [0.25, 0.3) is 0 Å². The predicted molar refractivity (Wildman–Crippen MR) is 67.9 cm³/mol. The Morgan fingerprint density at radius 1 is 1.47 bits per heavy atom. The molecule has 1 aliphatic heterocycles. The Bertz CT molecular complexity index is 582. The lowest BCUT2D eigenvalue weighted by Gasteiger charge is -2.11. The summed E-state index contributed by atoms with van der Waals surface area (Å²) in [6.45, 7) is 2.39. The number of rotatable bonds is 3. The second kappa shape index (κ2) is 4.86. The molecule has 1 saturated heterocycles. The molecule has 0 radical (unpaired) electrons. The van der Waals surface area contributed by atoms with E-state index < -0.39 is 6.04 Å². The van der Waals surface area contributed by atoms with Crippen LogP contribution in [0.2, 0.25) is 0 Å². The molecule has 1 aromatic rings. The molecule has 100 valence electrons. The van der Waals surface area contributed by atoms with Gasteiger partial charge in [0.1, 0.15) is 11.8 Å². The lowest BCUT2D eigenvalue weighted by molar-refractivity contribution is -0.137. The summed E-state index contributed by atoms with van der Waals surface area (Å²) in [6.07, 6.45) is 0.201. The van der Waals surface area contributed by atoms with Crippen LogP contribution in [0.1, 0.15) is 23.4 Å². The van der Waals surface area contributed by atoms with Crippen molar-refractivity contribution in [2.24, 2.45) is 7.05 Å². The Balaban J connectivity index is 2.06. The second-order valence-electron chi connectivity index (χ2n) is 4.74. The minimum absolute atomic E-state index is 0.162. The molecular weight excluding hydrogens is 244 g/mol. The summed E-state index contributed by atoms with van der Waals surface area (Å²) >= 11 is 0. The van der Waals surface area contributed by atoms with Crippen LogP contribution in [0, 0.1) is 18.3 Å². The highest BCUT2D eigenvalue weighted by atomic mass is 16.2. The maximum Gasteiger partial charge on any atom is 0.246 e. The number of carbonyl (C=O) groups excluding carboxylic acids is 2. The first-order valence-corrected chi connectivity index (χ1v) is 6.04. The first-order chi connectivity index (χ1) is 8.95. The molecule has 0 aliphatic carbocycles. The van der Waals surface area contributed by atoms with E-state index in [2.05, 4.69) is 11.4 Å². The molecule has 6 nitrogen and oxygen atoms in total. The molecule has 2 amide bonds. The van der Waals surface area contributed by atoms with Gasteiger partial charge in [-0.1, -0.05) is 0 Å². The van der Waals surface area contributed by atoms with Crippen molar-refractivity contribution in [1.29, 1.82) is 5.26 Å². The number of imide groups is 1. The van der Waals surface area contributed by atoms with Crippen molar-refractivity contribution >= 4 is 11.8 Å². The molecule has 1 aromatic heterocycles. The lowest BCUT2D eigenvalue weighted by atomic mass is 10.2. The first-order valence-electron chi connectivity index (χ1n) is 6.04. The third-order valence-electron chi connectivity index (χ3n) is 3.68. The quantitative estimate of drug-likeness (QED) is 0.779. The van der Waals surface area contributed by atoms with Crippen LogP contribution in [0.5, 0.6) is 0 Å². The summed E-state index contributed by atoms with van der Waals surface area (Å²) in [4.78, 5) is 24.3. The number of hydrogen-bond donors (Lipinski definition) is 1. The molecule has 1 atom stereocenters. The molecule has 2 rings (SSSR count). The van der Waals surface area contributed by atoms with E-state index in [0.29, 0.717) is 12.2 Å². The normalized spacial score (nSPS) is 19.1. The standard InChI is InChI=1S/C13H16N4O2/c1-8-9(4-10(6-14)16(8)2)7-15-11-5-12(18)17(3)13(11)19/h4,11,15H,5,7H2,1-3H3. The van der Waals surface area contributed by atoms with E-state index in [0.717, 1.165) is 16.2 Å². The molecule has 0 saturated carbocycles. The van der Waals surface area contributed by atoms with E-state index >= 15 is 0 Å². The van der Waals surface area contributed by atoms with Gasteiger partial charge in [-0.3, -0.25) is 14.5 Å². The zero-order valence-corrected chi connectivity index (χ0v) is 11.2. The number of likely N-dealkylation sites (tertiary alicyclic amines) is 1. The van der Waals surface area contributed by atoms with Crippen LogP contribution in [-0.2, 0) is 23.2 Å². The van der Waals surface area contributed by atoms with Crippen molar-refractivity contribution < 1.29 is 9.59 Å². The average Bonchev–Trinajstić information content (AvgIpc) is 2.81. The average molecular weight is 260 g/mol. The smallest absolute Gasteiger partial charge is 0.246 e. The monoisotopic (exact) mass is 260 g/mol. The Labute approximate surface area is 111 Å². The van der Waals surface area contributed by atoms with Crippen LogP contribution < -0.4 is 5.32 Å². The number of hydrogen-bond acceptors (Lipinski definition) is 4. The van der Waals surface area contributed by atoms with Gasteiger partial charge in [-0.15, -0.1) is 0 Å². The van der Waals surface area contributed by atoms with E-state index in [4.69, 9.17) is 5.26 Å². The zero-order chi connectivity index (χ0) is 14.2. The molecule has 1 aliphatic rings. The van der Waals surface area contributed by atoms with Gasteiger partial charge >= 0.3 is 0 Å². The number of nitrogens with zero attached hydrogens (tertiary/aromatic N) is 3. The highest BCUT2D eigenvalue weighted by Crippen LogP contribution is 2.15. The Hall–Kier alpha value is -2.13. The van der Waals surface area contributed by atoms with Gasteiger partial charge < -0.3 is 9.88 Å². The fourth-order valence-electron chi connectivity index (χ4n) is 2.20. The molecular formula is C13H16N4O2.